The molecule has 5 heteroatoms. The van der Waals surface area contributed by atoms with Gasteiger partial charge in [0, 0.05) is 25.2 Å². The lowest BCUT2D eigenvalue weighted by Gasteiger charge is -2.38. The Morgan fingerprint density at radius 3 is 2.62 bits per heavy atom. The largest absolute Gasteiger partial charge is 0.338 e. The molecule has 0 spiro atoms. The lowest BCUT2D eigenvalue weighted by Crippen LogP contribution is -2.46. The second-order valence-electron chi connectivity index (χ2n) is 5.60. The number of imidazole rings is 1. The Kier molecular flexibility index (Phi) is 2.67. The van der Waals surface area contributed by atoms with Gasteiger partial charge in [-0.05, 0) is 13.3 Å². The molecule has 3 aromatic rings. The van der Waals surface area contributed by atoms with Crippen LogP contribution in [-0.4, -0.2) is 32.1 Å². The fourth-order valence-electron chi connectivity index (χ4n) is 2.78. The van der Waals surface area contributed by atoms with Crippen LogP contribution in [0.2, 0.25) is 0 Å². The summed E-state index contributed by atoms with van der Waals surface area (Å²) in [5, 5.41) is 0. The van der Waals surface area contributed by atoms with Crippen LogP contribution in [0.4, 0.5) is 5.95 Å². The summed E-state index contributed by atoms with van der Waals surface area (Å²) in [7, 11) is 1.98. The molecule has 4 rings (SSSR count). The molecule has 1 atom stereocenters. The highest BCUT2D eigenvalue weighted by Crippen LogP contribution is 2.30. The molecular formula is C16H17N5. The third-order valence-corrected chi connectivity index (χ3v) is 4.18. The van der Waals surface area contributed by atoms with Crippen molar-refractivity contribution in [3.05, 3.63) is 36.7 Å². The van der Waals surface area contributed by atoms with Crippen LogP contribution in [-0.2, 0) is 7.05 Å². The Morgan fingerprint density at radius 2 is 1.95 bits per heavy atom. The van der Waals surface area contributed by atoms with Gasteiger partial charge in [-0.2, -0.15) is 4.98 Å². The van der Waals surface area contributed by atoms with Crippen molar-refractivity contribution in [3.8, 4) is 11.3 Å². The molecule has 0 N–H and O–H groups in total. The number of anilines is 1. The predicted octanol–water partition coefficient (Wildman–Crippen LogP) is 2.63. The Labute approximate surface area is 123 Å². The fourth-order valence-corrected chi connectivity index (χ4v) is 2.78. The molecule has 0 aliphatic carbocycles. The zero-order valence-corrected chi connectivity index (χ0v) is 12.2. The van der Waals surface area contributed by atoms with Crippen molar-refractivity contribution in [1.82, 2.24) is 19.5 Å². The van der Waals surface area contributed by atoms with Gasteiger partial charge in [0.05, 0.1) is 6.33 Å². The van der Waals surface area contributed by atoms with Gasteiger partial charge in [0.1, 0.15) is 11.2 Å². The monoisotopic (exact) mass is 279 g/mol. The quantitative estimate of drug-likeness (QED) is 0.723. The fraction of sp³-hybridized carbons (Fsp3) is 0.312. The van der Waals surface area contributed by atoms with Gasteiger partial charge in [0.25, 0.3) is 0 Å². The molecule has 0 saturated carbocycles. The second kappa shape index (κ2) is 4.55. The zero-order chi connectivity index (χ0) is 14.4. The first-order valence-corrected chi connectivity index (χ1v) is 7.25. The third kappa shape index (κ3) is 1.88. The number of aromatic nitrogens is 4. The second-order valence-corrected chi connectivity index (χ2v) is 5.60. The minimum absolute atomic E-state index is 0.509. The minimum Gasteiger partial charge on any atom is -0.338 e. The van der Waals surface area contributed by atoms with E-state index >= 15 is 0 Å². The molecule has 2 aromatic heterocycles. The van der Waals surface area contributed by atoms with Crippen molar-refractivity contribution in [1.29, 1.82) is 0 Å². The minimum atomic E-state index is 0.509. The number of aryl methyl sites for hydroxylation is 1. The average molecular weight is 279 g/mol. The molecule has 0 bridgehead atoms. The van der Waals surface area contributed by atoms with Crippen LogP contribution in [0.1, 0.15) is 13.3 Å². The van der Waals surface area contributed by atoms with Gasteiger partial charge >= 0.3 is 0 Å². The molecule has 0 amide bonds. The van der Waals surface area contributed by atoms with E-state index in [2.05, 4.69) is 33.9 Å². The van der Waals surface area contributed by atoms with Crippen LogP contribution in [0, 0.1) is 0 Å². The molecule has 21 heavy (non-hydrogen) atoms. The van der Waals surface area contributed by atoms with Gasteiger partial charge in [-0.3, -0.25) is 0 Å². The van der Waals surface area contributed by atoms with E-state index in [4.69, 9.17) is 4.98 Å². The molecule has 3 heterocycles. The number of hydrogen-bond acceptors (Lipinski definition) is 4. The smallest absolute Gasteiger partial charge is 0.228 e. The number of hydrogen-bond donors (Lipinski definition) is 0. The summed E-state index contributed by atoms with van der Waals surface area (Å²) in [6.07, 6.45) is 3.00. The molecule has 1 saturated heterocycles. The highest BCUT2D eigenvalue weighted by atomic mass is 15.3. The Bertz CT molecular complexity index is 793. The maximum Gasteiger partial charge on any atom is 0.228 e. The number of nitrogens with zero attached hydrogens (tertiary/aromatic N) is 5. The molecule has 5 nitrogen and oxygen atoms in total. The van der Waals surface area contributed by atoms with Gasteiger partial charge in [-0.25, -0.2) is 9.97 Å². The lowest BCUT2D eigenvalue weighted by molar-refractivity contribution is 0.471. The Morgan fingerprint density at radius 1 is 1.14 bits per heavy atom. The summed E-state index contributed by atoms with van der Waals surface area (Å²) in [4.78, 5) is 16.1. The highest BCUT2D eigenvalue weighted by Gasteiger charge is 2.27. The summed E-state index contributed by atoms with van der Waals surface area (Å²) in [5.41, 5.74) is 3.80. The van der Waals surface area contributed by atoms with Crippen LogP contribution in [0.25, 0.3) is 22.4 Å². The SMILES string of the molecule is C[C@H]1CCN1c1nc(-c2ccccc2)c2c(ncn2C)n1. The first kappa shape index (κ1) is 12.3. The van der Waals surface area contributed by atoms with Crippen LogP contribution < -0.4 is 4.90 Å². The van der Waals surface area contributed by atoms with E-state index in [1.807, 2.05) is 29.8 Å². The lowest BCUT2D eigenvalue weighted by atomic mass is 10.1. The average Bonchev–Trinajstić information content (AvgIpc) is 2.87. The summed E-state index contributed by atoms with van der Waals surface area (Å²) < 4.78 is 1.99. The van der Waals surface area contributed by atoms with Crippen molar-refractivity contribution < 1.29 is 0 Å². The van der Waals surface area contributed by atoms with Gasteiger partial charge < -0.3 is 9.47 Å². The zero-order valence-electron chi connectivity index (χ0n) is 12.2. The van der Waals surface area contributed by atoms with Gasteiger partial charge in [0.2, 0.25) is 5.95 Å². The van der Waals surface area contributed by atoms with Crippen LogP contribution >= 0.6 is 0 Å². The third-order valence-electron chi connectivity index (χ3n) is 4.18. The van der Waals surface area contributed by atoms with Crippen molar-refractivity contribution in [2.75, 3.05) is 11.4 Å². The molecule has 0 unspecified atom stereocenters. The van der Waals surface area contributed by atoms with E-state index < -0.39 is 0 Å². The van der Waals surface area contributed by atoms with E-state index in [1.54, 1.807) is 6.33 Å². The van der Waals surface area contributed by atoms with Crippen molar-refractivity contribution in [2.24, 2.45) is 7.05 Å². The standard InChI is InChI=1S/C16H17N5/c1-11-8-9-21(11)16-18-13(12-6-4-3-5-7-12)14-15(19-16)17-10-20(14)2/h3-7,10-11H,8-9H2,1-2H3/t11-/m0/s1. The molecule has 1 fully saturated rings. The summed E-state index contributed by atoms with van der Waals surface area (Å²) in [5.74, 6) is 0.791. The van der Waals surface area contributed by atoms with E-state index in [-0.39, 0.29) is 0 Å². The predicted molar refractivity (Wildman–Crippen MR) is 83.2 cm³/mol. The highest BCUT2D eigenvalue weighted by molar-refractivity contribution is 5.88. The molecule has 106 valence electrons. The van der Waals surface area contributed by atoms with Crippen LogP contribution in [0.3, 0.4) is 0 Å². The van der Waals surface area contributed by atoms with Crippen molar-refractivity contribution in [2.45, 2.75) is 19.4 Å². The molecule has 1 aliphatic heterocycles. The van der Waals surface area contributed by atoms with Gasteiger partial charge in [0.15, 0.2) is 5.65 Å². The summed E-state index contributed by atoms with van der Waals surface area (Å²) >= 11 is 0. The Balaban J connectivity index is 1.96. The maximum atomic E-state index is 4.83. The first-order valence-electron chi connectivity index (χ1n) is 7.25. The maximum absolute atomic E-state index is 4.83. The first-order chi connectivity index (χ1) is 10.2. The van der Waals surface area contributed by atoms with Crippen molar-refractivity contribution in [3.63, 3.8) is 0 Å². The van der Waals surface area contributed by atoms with E-state index in [9.17, 15) is 0 Å². The normalized spacial score (nSPS) is 18.0. The van der Waals surface area contributed by atoms with E-state index in [0.717, 1.165) is 34.9 Å². The Hall–Kier alpha value is -2.43. The van der Waals surface area contributed by atoms with Crippen LogP contribution in [0.15, 0.2) is 36.7 Å². The van der Waals surface area contributed by atoms with Gasteiger partial charge in [-0.15, -0.1) is 0 Å². The van der Waals surface area contributed by atoms with Gasteiger partial charge in [-0.1, -0.05) is 30.3 Å². The molecule has 1 aromatic carbocycles. The molecule has 1 aliphatic rings. The number of benzene rings is 1. The number of rotatable bonds is 2. The van der Waals surface area contributed by atoms with Crippen molar-refractivity contribution >= 4 is 17.1 Å². The topological polar surface area (TPSA) is 46.8 Å². The summed E-state index contributed by atoms with van der Waals surface area (Å²) in [6, 6.07) is 10.8. The molecule has 0 radical (unpaired) electrons. The molecular weight excluding hydrogens is 262 g/mol. The van der Waals surface area contributed by atoms with Crippen LogP contribution in [0.5, 0.6) is 0 Å². The number of fused-ring (bicyclic) bond motifs is 1. The summed E-state index contributed by atoms with van der Waals surface area (Å²) in [6.45, 7) is 3.23. The van der Waals surface area contributed by atoms with E-state index in [0.29, 0.717) is 6.04 Å². The van der Waals surface area contributed by atoms with E-state index in [1.165, 1.54) is 6.42 Å².